The zero-order valence-corrected chi connectivity index (χ0v) is 14.7. The van der Waals surface area contributed by atoms with E-state index in [1.807, 2.05) is 0 Å². The van der Waals surface area contributed by atoms with Crippen LogP contribution in [-0.4, -0.2) is 16.9 Å². The molecule has 0 aliphatic heterocycles. The molecule has 0 saturated heterocycles. The molecule has 0 radical (unpaired) electrons. The van der Waals surface area contributed by atoms with E-state index in [0.717, 1.165) is 32.1 Å². The average molecular weight is 342 g/mol. The van der Waals surface area contributed by atoms with Crippen LogP contribution in [0.1, 0.15) is 65.2 Å². The number of hydrogen-bond donors (Lipinski definition) is 1. The van der Waals surface area contributed by atoms with E-state index in [0.29, 0.717) is 30.6 Å². The number of halogens is 3. The minimum Gasteiger partial charge on any atom is -0.380 e. The molecule has 0 aromatic carbocycles. The summed E-state index contributed by atoms with van der Waals surface area (Å²) in [5.74, 6) is 1.59. The summed E-state index contributed by atoms with van der Waals surface area (Å²) in [4.78, 5) is 0. The van der Waals surface area contributed by atoms with Gasteiger partial charge in [0.05, 0.1) is 0 Å². The Morgan fingerprint density at radius 1 is 0.958 bits per heavy atom. The largest absolute Gasteiger partial charge is 0.417 e. The maximum Gasteiger partial charge on any atom is 0.417 e. The van der Waals surface area contributed by atoms with Crippen LogP contribution in [0.4, 0.5) is 13.2 Å². The number of hydrogen-bond acceptors (Lipinski definition) is 1. The number of allylic oxidation sites excluding steroid dienone is 2. The van der Waals surface area contributed by atoms with Crippen molar-refractivity contribution in [2.75, 3.05) is 0 Å². The molecule has 4 heteroatoms. The maximum absolute atomic E-state index is 13.7. The number of aliphatic hydroxyl groups is 1. The van der Waals surface area contributed by atoms with Crippen molar-refractivity contribution in [2.24, 2.45) is 34.5 Å². The van der Waals surface area contributed by atoms with Crippen LogP contribution in [0.5, 0.6) is 0 Å². The van der Waals surface area contributed by atoms with Gasteiger partial charge in [0, 0.05) is 5.41 Å². The van der Waals surface area contributed by atoms with Gasteiger partial charge in [-0.05, 0) is 80.5 Å². The van der Waals surface area contributed by atoms with Crippen molar-refractivity contribution in [1.82, 2.24) is 0 Å². The van der Waals surface area contributed by atoms with E-state index in [-0.39, 0.29) is 17.8 Å². The number of rotatable bonds is 0. The minimum absolute atomic E-state index is 0.0200. The molecular formula is C20H29F3O. The lowest BCUT2D eigenvalue weighted by Crippen LogP contribution is -2.60. The fourth-order valence-electron chi connectivity index (χ4n) is 7.32. The third-order valence-electron chi connectivity index (χ3n) is 8.83. The molecule has 4 rings (SSSR count). The molecule has 136 valence electrons. The van der Waals surface area contributed by atoms with Crippen molar-refractivity contribution in [3.8, 4) is 0 Å². The van der Waals surface area contributed by atoms with Gasteiger partial charge in [-0.2, -0.15) is 13.2 Å². The van der Waals surface area contributed by atoms with E-state index in [1.54, 1.807) is 6.92 Å². The molecule has 3 fully saturated rings. The molecule has 0 heterocycles. The van der Waals surface area contributed by atoms with Crippen LogP contribution in [-0.2, 0) is 0 Å². The first-order valence-corrected chi connectivity index (χ1v) is 9.57. The predicted molar refractivity (Wildman–Crippen MR) is 87.3 cm³/mol. The second-order valence-electron chi connectivity index (χ2n) is 9.42. The quantitative estimate of drug-likeness (QED) is 0.577. The van der Waals surface area contributed by atoms with Crippen molar-refractivity contribution in [2.45, 2.75) is 77.0 Å². The fraction of sp³-hybridized carbons (Fsp3) is 0.900. The van der Waals surface area contributed by atoms with Crippen LogP contribution in [0.25, 0.3) is 0 Å². The van der Waals surface area contributed by atoms with Crippen LogP contribution in [0.3, 0.4) is 0 Å². The Labute approximate surface area is 142 Å². The summed E-state index contributed by atoms with van der Waals surface area (Å²) in [5.41, 5.74) is -3.24. The predicted octanol–water partition coefficient (Wildman–Crippen LogP) is 5.49. The summed E-state index contributed by atoms with van der Waals surface area (Å²) in [6, 6.07) is 0. The standard InChI is InChI=1S/C20H29F3O/c1-17-10-4-3-5-13(17)6-7-14-15(17)8-11-18(2)16(14)9-12-19(18,24)20(21,22)23/h3-4,13-16,24H,5-12H2,1-2H3/t13-,14-,15+,16+,17+,18+,19+/m1/s1. The van der Waals surface area contributed by atoms with Crippen molar-refractivity contribution in [1.29, 1.82) is 0 Å². The van der Waals surface area contributed by atoms with Gasteiger partial charge in [0.2, 0.25) is 0 Å². The molecule has 4 aliphatic rings. The van der Waals surface area contributed by atoms with Gasteiger partial charge in [-0.3, -0.25) is 0 Å². The van der Waals surface area contributed by atoms with E-state index in [2.05, 4.69) is 19.1 Å². The fourth-order valence-corrected chi connectivity index (χ4v) is 7.32. The average Bonchev–Trinajstić information content (AvgIpc) is 2.79. The van der Waals surface area contributed by atoms with E-state index in [1.165, 1.54) is 0 Å². The molecule has 0 spiro atoms. The Bertz CT molecular complexity index is 556. The minimum atomic E-state index is -4.52. The second kappa shape index (κ2) is 5.02. The summed E-state index contributed by atoms with van der Waals surface area (Å²) in [7, 11) is 0. The van der Waals surface area contributed by atoms with Crippen LogP contribution < -0.4 is 0 Å². The molecule has 1 N–H and O–H groups in total. The van der Waals surface area contributed by atoms with Crippen molar-refractivity contribution in [3.05, 3.63) is 12.2 Å². The van der Waals surface area contributed by atoms with Crippen LogP contribution in [0, 0.1) is 34.5 Å². The Hall–Kier alpha value is -0.510. The van der Waals surface area contributed by atoms with E-state index in [9.17, 15) is 18.3 Å². The smallest absolute Gasteiger partial charge is 0.380 e. The molecule has 0 aromatic rings. The molecule has 0 aromatic heterocycles. The Balaban J connectivity index is 1.68. The summed E-state index contributed by atoms with van der Waals surface area (Å²) in [6.07, 6.45) is 6.23. The Kier molecular flexibility index (Phi) is 3.54. The maximum atomic E-state index is 13.7. The number of alkyl halides is 3. The van der Waals surface area contributed by atoms with Gasteiger partial charge >= 0.3 is 6.18 Å². The zero-order chi connectivity index (χ0) is 17.4. The Morgan fingerprint density at radius 2 is 1.67 bits per heavy atom. The van der Waals surface area contributed by atoms with Crippen molar-refractivity contribution < 1.29 is 18.3 Å². The van der Waals surface area contributed by atoms with Gasteiger partial charge in [0.1, 0.15) is 0 Å². The molecule has 3 saturated carbocycles. The summed E-state index contributed by atoms with van der Waals surface area (Å²) in [6.45, 7) is 4.11. The van der Waals surface area contributed by atoms with Gasteiger partial charge in [0.25, 0.3) is 0 Å². The lowest BCUT2D eigenvalue weighted by molar-refractivity contribution is -0.304. The van der Waals surface area contributed by atoms with Crippen molar-refractivity contribution >= 4 is 0 Å². The zero-order valence-electron chi connectivity index (χ0n) is 14.7. The van der Waals surface area contributed by atoms with Crippen LogP contribution in [0.15, 0.2) is 12.2 Å². The lowest BCUT2D eigenvalue weighted by Gasteiger charge is -2.60. The van der Waals surface area contributed by atoms with Gasteiger partial charge in [-0.25, -0.2) is 0 Å². The van der Waals surface area contributed by atoms with Gasteiger partial charge in [-0.15, -0.1) is 0 Å². The molecule has 0 amide bonds. The highest BCUT2D eigenvalue weighted by atomic mass is 19.4. The molecule has 4 aliphatic carbocycles. The summed E-state index contributed by atoms with van der Waals surface area (Å²) < 4.78 is 41.0. The number of fused-ring (bicyclic) bond motifs is 5. The highest BCUT2D eigenvalue weighted by Crippen LogP contribution is 2.69. The van der Waals surface area contributed by atoms with Gasteiger partial charge in [-0.1, -0.05) is 26.0 Å². The molecule has 1 nitrogen and oxygen atoms in total. The molecule has 0 bridgehead atoms. The first-order valence-electron chi connectivity index (χ1n) is 9.57. The van der Waals surface area contributed by atoms with E-state index < -0.39 is 17.2 Å². The monoisotopic (exact) mass is 342 g/mol. The lowest BCUT2D eigenvalue weighted by atomic mass is 9.45. The van der Waals surface area contributed by atoms with Crippen LogP contribution in [0.2, 0.25) is 0 Å². The highest BCUT2D eigenvalue weighted by Gasteiger charge is 2.72. The highest BCUT2D eigenvalue weighted by molar-refractivity contribution is 5.17. The Morgan fingerprint density at radius 3 is 2.38 bits per heavy atom. The normalized spacial score (nSPS) is 54.1. The molecular weight excluding hydrogens is 313 g/mol. The van der Waals surface area contributed by atoms with Crippen LogP contribution >= 0.6 is 0 Å². The van der Waals surface area contributed by atoms with Crippen molar-refractivity contribution in [3.63, 3.8) is 0 Å². The molecule has 24 heavy (non-hydrogen) atoms. The second-order valence-corrected chi connectivity index (χ2v) is 9.42. The molecule has 7 atom stereocenters. The van der Waals surface area contributed by atoms with Gasteiger partial charge in [0.15, 0.2) is 5.60 Å². The summed E-state index contributed by atoms with van der Waals surface area (Å²) in [5, 5.41) is 10.6. The first-order chi connectivity index (χ1) is 11.1. The third kappa shape index (κ3) is 1.92. The summed E-state index contributed by atoms with van der Waals surface area (Å²) >= 11 is 0. The first kappa shape index (κ1) is 16.9. The third-order valence-corrected chi connectivity index (χ3v) is 8.83. The van der Waals surface area contributed by atoms with Gasteiger partial charge < -0.3 is 5.11 Å². The SMILES string of the molecule is C[C@]12CC=CC[C@@H]1CC[C@@H]1[C@@H]2CC[C@@]2(C)[C@H]1CC[C@@]2(O)C(F)(F)F. The topological polar surface area (TPSA) is 20.2 Å². The van der Waals surface area contributed by atoms with E-state index in [4.69, 9.17) is 0 Å². The van der Waals surface area contributed by atoms with E-state index >= 15 is 0 Å². The molecule has 0 unspecified atom stereocenters.